The third-order valence-electron chi connectivity index (χ3n) is 4.76. The van der Waals surface area contributed by atoms with Gasteiger partial charge in [-0.15, -0.1) is 11.3 Å². The molecule has 0 radical (unpaired) electrons. The number of hydrogen-bond acceptors (Lipinski definition) is 5. The fraction of sp³-hybridized carbons (Fsp3) is 0.130. The number of aromatic nitrogens is 1. The minimum atomic E-state index is -0.866. The van der Waals surface area contributed by atoms with Gasteiger partial charge in [0.25, 0.3) is 0 Å². The molecule has 29 heavy (non-hydrogen) atoms. The second-order valence-corrected chi connectivity index (χ2v) is 7.72. The van der Waals surface area contributed by atoms with E-state index in [1.54, 1.807) is 17.5 Å². The molecule has 4 aromatic rings. The third-order valence-corrected chi connectivity index (χ3v) is 5.68. The highest BCUT2D eigenvalue weighted by Gasteiger charge is 2.11. The Morgan fingerprint density at radius 2 is 1.93 bits per heavy atom. The Morgan fingerprint density at radius 1 is 1.10 bits per heavy atom. The lowest BCUT2D eigenvalue weighted by atomic mass is 9.99. The number of rotatable bonds is 7. The van der Waals surface area contributed by atoms with E-state index < -0.39 is 5.97 Å². The average Bonchev–Trinajstić information content (AvgIpc) is 3.12. The summed E-state index contributed by atoms with van der Waals surface area (Å²) in [5.41, 5.74) is 7.50. The molecule has 0 atom stereocenters. The summed E-state index contributed by atoms with van der Waals surface area (Å²) in [4.78, 5) is 15.2. The van der Waals surface area contributed by atoms with Crippen LogP contribution >= 0.6 is 11.3 Å². The zero-order chi connectivity index (χ0) is 20.2. The normalized spacial score (nSPS) is 10.9. The number of pyridine rings is 1. The van der Waals surface area contributed by atoms with Crippen molar-refractivity contribution < 1.29 is 9.90 Å². The van der Waals surface area contributed by atoms with Crippen LogP contribution in [0, 0.1) is 6.92 Å². The summed E-state index contributed by atoms with van der Waals surface area (Å²) in [5.74, 6) is -0.866. The molecule has 0 bridgehead atoms. The maximum atomic E-state index is 10.6. The highest BCUT2D eigenvalue weighted by molar-refractivity contribution is 7.17. The highest BCUT2D eigenvalue weighted by atomic mass is 32.1. The summed E-state index contributed by atoms with van der Waals surface area (Å²) in [6.45, 7) is 2.54. The maximum Gasteiger partial charge on any atom is 0.317 e. The molecule has 4 rings (SSSR count). The number of benzene rings is 2. The van der Waals surface area contributed by atoms with Crippen LogP contribution in [-0.2, 0) is 11.3 Å². The quantitative estimate of drug-likeness (QED) is 0.396. The van der Waals surface area contributed by atoms with Gasteiger partial charge in [-0.3, -0.25) is 9.78 Å². The second kappa shape index (κ2) is 8.43. The third kappa shape index (κ3) is 4.29. The number of hydrogen-bond donors (Lipinski definition) is 3. The first-order valence-corrected chi connectivity index (χ1v) is 10.2. The molecule has 0 aliphatic carbocycles. The van der Waals surface area contributed by atoms with Crippen molar-refractivity contribution >= 4 is 38.9 Å². The number of nitrogens with zero attached hydrogens (tertiary/aromatic N) is 1. The van der Waals surface area contributed by atoms with Gasteiger partial charge in [-0.2, -0.15) is 0 Å². The maximum absolute atomic E-state index is 10.6. The Kier molecular flexibility index (Phi) is 5.55. The van der Waals surface area contributed by atoms with E-state index in [0.29, 0.717) is 6.54 Å². The summed E-state index contributed by atoms with van der Waals surface area (Å²) >= 11 is 1.62. The molecule has 0 unspecified atom stereocenters. The van der Waals surface area contributed by atoms with Gasteiger partial charge in [0.1, 0.15) is 5.52 Å². The molecule has 0 spiro atoms. The fourth-order valence-electron chi connectivity index (χ4n) is 3.30. The van der Waals surface area contributed by atoms with Crippen LogP contribution in [0.5, 0.6) is 0 Å². The number of nitrogens with one attached hydrogen (secondary N) is 2. The van der Waals surface area contributed by atoms with Gasteiger partial charge in [-0.05, 0) is 41.3 Å². The number of carboxylic acids is 1. The molecule has 0 aliphatic heterocycles. The molecule has 2 aromatic heterocycles. The van der Waals surface area contributed by atoms with Gasteiger partial charge < -0.3 is 15.7 Å². The van der Waals surface area contributed by atoms with Gasteiger partial charge in [0.2, 0.25) is 0 Å². The van der Waals surface area contributed by atoms with Crippen molar-refractivity contribution in [2.45, 2.75) is 13.5 Å². The molecule has 0 aliphatic rings. The van der Waals surface area contributed by atoms with Crippen LogP contribution in [0.15, 0.2) is 66.2 Å². The van der Waals surface area contributed by atoms with E-state index in [4.69, 9.17) is 5.11 Å². The van der Waals surface area contributed by atoms with E-state index >= 15 is 0 Å². The molecule has 2 aromatic carbocycles. The van der Waals surface area contributed by atoms with Gasteiger partial charge in [0.05, 0.1) is 16.9 Å². The number of thiophene rings is 1. The largest absolute Gasteiger partial charge is 0.480 e. The zero-order valence-corrected chi connectivity index (χ0v) is 16.8. The highest BCUT2D eigenvalue weighted by Crippen LogP contribution is 2.34. The summed E-state index contributed by atoms with van der Waals surface area (Å²) in [6.07, 6.45) is 1.79. The zero-order valence-electron chi connectivity index (χ0n) is 16.0. The summed E-state index contributed by atoms with van der Waals surface area (Å²) in [6, 6.07) is 18.7. The first kappa shape index (κ1) is 19.1. The lowest BCUT2D eigenvalue weighted by Crippen LogP contribution is -2.21. The molecule has 0 fully saturated rings. The van der Waals surface area contributed by atoms with Crippen molar-refractivity contribution in [1.82, 2.24) is 10.3 Å². The van der Waals surface area contributed by atoms with Crippen molar-refractivity contribution in [3.05, 3.63) is 77.3 Å². The summed E-state index contributed by atoms with van der Waals surface area (Å²) in [5, 5.41) is 17.2. The van der Waals surface area contributed by atoms with E-state index in [0.717, 1.165) is 27.2 Å². The monoisotopic (exact) mass is 403 g/mol. The molecular weight excluding hydrogens is 382 g/mol. The fourth-order valence-corrected chi connectivity index (χ4v) is 4.21. The predicted molar refractivity (Wildman–Crippen MR) is 119 cm³/mol. The van der Waals surface area contributed by atoms with Crippen LogP contribution in [0.1, 0.15) is 11.1 Å². The Balaban J connectivity index is 1.58. The Bertz CT molecular complexity index is 1160. The van der Waals surface area contributed by atoms with Crippen LogP contribution in [0.4, 0.5) is 11.4 Å². The Labute approximate surface area is 173 Å². The van der Waals surface area contributed by atoms with Gasteiger partial charge >= 0.3 is 5.97 Å². The number of aliphatic carboxylic acids is 1. The Morgan fingerprint density at radius 3 is 2.72 bits per heavy atom. The lowest BCUT2D eigenvalue weighted by Gasteiger charge is -2.13. The molecule has 146 valence electrons. The number of carboxylic acid groups (broad SMARTS) is 1. The Hall–Kier alpha value is -3.22. The standard InChI is InChI=1S/C23H21N3O2S/c1-15-18(17-6-3-2-4-7-17)8-5-9-19(15)26-20-14-29-21-10-16(12-25-23(20)21)11-24-13-22(27)28/h2-10,12,14,24,26H,11,13H2,1H3,(H,27,28). The van der Waals surface area contributed by atoms with E-state index in [1.165, 1.54) is 16.7 Å². The van der Waals surface area contributed by atoms with Crippen LogP contribution in [0.25, 0.3) is 21.3 Å². The van der Waals surface area contributed by atoms with E-state index in [1.807, 2.05) is 18.2 Å². The minimum absolute atomic E-state index is 0.0632. The lowest BCUT2D eigenvalue weighted by molar-refractivity contribution is -0.135. The van der Waals surface area contributed by atoms with Crippen LogP contribution in [0.3, 0.4) is 0 Å². The summed E-state index contributed by atoms with van der Waals surface area (Å²) < 4.78 is 1.07. The van der Waals surface area contributed by atoms with Crippen molar-refractivity contribution in [2.24, 2.45) is 0 Å². The predicted octanol–water partition coefficient (Wildman–Crippen LogP) is 5.19. The van der Waals surface area contributed by atoms with E-state index in [-0.39, 0.29) is 6.54 Å². The van der Waals surface area contributed by atoms with E-state index in [2.05, 4.69) is 64.3 Å². The molecule has 5 nitrogen and oxygen atoms in total. The van der Waals surface area contributed by atoms with Crippen molar-refractivity contribution in [3.8, 4) is 11.1 Å². The first-order valence-electron chi connectivity index (χ1n) is 9.32. The van der Waals surface area contributed by atoms with Crippen LogP contribution in [0.2, 0.25) is 0 Å². The SMILES string of the molecule is Cc1c(Nc2csc3cc(CNCC(=O)O)cnc23)cccc1-c1ccccc1. The molecule has 0 saturated heterocycles. The number of fused-ring (bicyclic) bond motifs is 1. The average molecular weight is 404 g/mol. The van der Waals surface area contributed by atoms with Crippen molar-refractivity contribution in [1.29, 1.82) is 0 Å². The second-order valence-electron chi connectivity index (χ2n) is 6.81. The van der Waals surface area contributed by atoms with Crippen LogP contribution in [-0.4, -0.2) is 22.6 Å². The van der Waals surface area contributed by atoms with Gasteiger partial charge in [0.15, 0.2) is 0 Å². The minimum Gasteiger partial charge on any atom is -0.480 e. The number of anilines is 2. The summed E-state index contributed by atoms with van der Waals surface area (Å²) in [7, 11) is 0. The smallest absolute Gasteiger partial charge is 0.317 e. The molecule has 2 heterocycles. The topological polar surface area (TPSA) is 74.2 Å². The van der Waals surface area contributed by atoms with Gasteiger partial charge in [0, 0.05) is 23.8 Å². The van der Waals surface area contributed by atoms with Gasteiger partial charge in [-0.25, -0.2) is 0 Å². The van der Waals surface area contributed by atoms with Crippen molar-refractivity contribution in [2.75, 3.05) is 11.9 Å². The molecule has 0 amide bonds. The molecule has 0 saturated carbocycles. The first-order chi connectivity index (χ1) is 14.1. The molecule has 6 heteroatoms. The van der Waals surface area contributed by atoms with Gasteiger partial charge in [-0.1, -0.05) is 42.5 Å². The van der Waals surface area contributed by atoms with Crippen LogP contribution < -0.4 is 10.6 Å². The number of carbonyl (C=O) groups is 1. The molecular formula is C23H21N3O2S. The van der Waals surface area contributed by atoms with E-state index in [9.17, 15) is 4.79 Å². The van der Waals surface area contributed by atoms with Crippen molar-refractivity contribution in [3.63, 3.8) is 0 Å². The molecule has 3 N–H and O–H groups in total.